The third kappa shape index (κ3) is 7.07. The normalized spacial score (nSPS) is 12.1. The number of hydrogen-bond donors (Lipinski definition) is 1. The van der Waals surface area contributed by atoms with Crippen LogP contribution >= 0.6 is 23.4 Å². The van der Waals surface area contributed by atoms with E-state index in [1.807, 2.05) is 42.5 Å². The van der Waals surface area contributed by atoms with Crippen LogP contribution in [0.2, 0.25) is 5.02 Å². The highest BCUT2D eigenvalue weighted by Crippen LogP contribution is 2.44. The first kappa shape index (κ1) is 29.7. The number of ether oxygens (including phenoxy) is 1. The van der Waals surface area contributed by atoms with Gasteiger partial charge in [0.2, 0.25) is 0 Å². The number of thioether (sulfide) groups is 1. The van der Waals surface area contributed by atoms with E-state index in [2.05, 4.69) is 25.3 Å². The van der Waals surface area contributed by atoms with Crippen LogP contribution in [-0.4, -0.2) is 32.8 Å². The number of hydrogen-bond acceptors (Lipinski definition) is 4. The van der Waals surface area contributed by atoms with E-state index < -0.39 is 17.2 Å². The minimum atomic E-state index is -1.000. The molecule has 0 aliphatic carbocycles. The van der Waals surface area contributed by atoms with Gasteiger partial charge in [0, 0.05) is 49.8 Å². The van der Waals surface area contributed by atoms with Crippen LogP contribution in [0.15, 0.2) is 71.6 Å². The number of carboxylic acids is 1. The molecule has 3 aromatic carbocycles. The second kappa shape index (κ2) is 11.7. The summed E-state index contributed by atoms with van der Waals surface area (Å²) in [7, 11) is 0. The Hall–Kier alpha value is -3.29. The Balaban J connectivity index is 1.80. The van der Waals surface area contributed by atoms with Gasteiger partial charge >= 0.3 is 5.97 Å². The summed E-state index contributed by atoms with van der Waals surface area (Å²) < 4.78 is 21.2. The molecule has 1 N–H and O–H groups in total. The van der Waals surface area contributed by atoms with E-state index in [9.17, 15) is 19.1 Å². The number of aliphatic carboxylic acids is 1. The maximum atomic E-state index is 13.3. The first-order valence-electron chi connectivity index (χ1n) is 13.0. The van der Waals surface area contributed by atoms with Gasteiger partial charge in [-0.2, -0.15) is 0 Å². The SMILES string of the molecule is CC(C)(C)Sc1c(CC(C)(C)C(=O)O)n(Cc2ccc(Cl)cc2)c2ccc(OCC(=O)c3ccc(F)cc3)cc12. The smallest absolute Gasteiger partial charge is 0.309 e. The number of Topliss-reactive ketones (excluding diaryl/α,β-unsaturated/α-hetero) is 1. The predicted molar refractivity (Wildman–Crippen MR) is 159 cm³/mol. The Morgan fingerprint density at radius 1 is 0.975 bits per heavy atom. The fourth-order valence-corrected chi connectivity index (χ4v) is 5.67. The van der Waals surface area contributed by atoms with Gasteiger partial charge in [0.15, 0.2) is 12.4 Å². The molecule has 0 radical (unpaired) electrons. The Morgan fingerprint density at radius 2 is 1.62 bits per heavy atom. The molecule has 210 valence electrons. The lowest BCUT2D eigenvalue weighted by Gasteiger charge is -2.24. The molecular weight excluding hydrogens is 549 g/mol. The molecule has 40 heavy (non-hydrogen) atoms. The molecule has 0 unspecified atom stereocenters. The van der Waals surface area contributed by atoms with Gasteiger partial charge in [-0.05, 0) is 74.0 Å². The maximum absolute atomic E-state index is 13.3. The Kier molecular flexibility index (Phi) is 8.66. The van der Waals surface area contributed by atoms with Gasteiger partial charge in [-0.3, -0.25) is 9.59 Å². The summed E-state index contributed by atoms with van der Waals surface area (Å²) >= 11 is 7.81. The van der Waals surface area contributed by atoms with Gasteiger partial charge in [-0.25, -0.2) is 4.39 Å². The monoisotopic (exact) mass is 581 g/mol. The van der Waals surface area contributed by atoms with Crippen LogP contribution < -0.4 is 4.74 Å². The van der Waals surface area contributed by atoms with Gasteiger partial charge in [0.05, 0.1) is 5.41 Å². The van der Waals surface area contributed by atoms with E-state index in [1.165, 1.54) is 24.3 Å². The van der Waals surface area contributed by atoms with Crippen LogP contribution in [0.5, 0.6) is 5.75 Å². The molecule has 1 aromatic heterocycles. The summed E-state index contributed by atoms with van der Waals surface area (Å²) in [4.78, 5) is 25.8. The number of benzene rings is 3. The second-order valence-electron chi connectivity index (χ2n) is 11.5. The Labute approximate surface area is 243 Å². The van der Waals surface area contributed by atoms with Crippen molar-refractivity contribution in [2.75, 3.05) is 6.61 Å². The van der Waals surface area contributed by atoms with Gasteiger partial charge in [0.25, 0.3) is 0 Å². The number of ketones is 1. The second-order valence-corrected chi connectivity index (χ2v) is 13.7. The third-order valence-electron chi connectivity index (χ3n) is 6.48. The highest BCUT2D eigenvalue weighted by Gasteiger charge is 2.33. The number of carboxylic acid groups (broad SMARTS) is 1. The first-order valence-corrected chi connectivity index (χ1v) is 14.2. The van der Waals surface area contributed by atoms with Crippen molar-refractivity contribution in [2.45, 2.75) is 57.2 Å². The van der Waals surface area contributed by atoms with Crippen molar-refractivity contribution in [1.29, 1.82) is 0 Å². The van der Waals surface area contributed by atoms with Gasteiger partial charge in [-0.15, -0.1) is 11.8 Å². The molecular formula is C32H33ClFNO4S. The summed E-state index contributed by atoms with van der Waals surface area (Å²) in [5.74, 6) is -1.01. The van der Waals surface area contributed by atoms with Crippen LogP contribution in [-0.2, 0) is 17.8 Å². The molecule has 0 amide bonds. The van der Waals surface area contributed by atoms with Crippen molar-refractivity contribution >= 4 is 46.0 Å². The number of carbonyl (C=O) groups excluding carboxylic acids is 1. The molecule has 0 bridgehead atoms. The molecule has 4 aromatic rings. The van der Waals surface area contributed by atoms with Crippen LogP contribution in [0.4, 0.5) is 4.39 Å². The molecule has 0 saturated carbocycles. The Morgan fingerprint density at radius 3 is 2.23 bits per heavy atom. The molecule has 0 aliphatic heterocycles. The van der Waals surface area contributed by atoms with Gasteiger partial charge in [0.1, 0.15) is 11.6 Å². The average molecular weight is 582 g/mol. The van der Waals surface area contributed by atoms with Crippen molar-refractivity contribution < 1.29 is 23.8 Å². The van der Waals surface area contributed by atoms with Crippen molar-refractivity contribution in [3.05, 3.63) is 94.4 Å². The molecule has 8 heteroatoms. The third-order valence-corrected chi connectivity index (χ3v) is 8.00. The van der Waals surface area contributed by atoms with E-state index >= 15 is 0 Å². The number of fused-ring (bicyclic) bond motifs is 1. The summed E-state index contributed by atoms with van der Waals surface area (Å²) in [6, 6.07) is 18.7. The number of rotatable bonds is 10. The zero-order chi connectivity index (χ0) is 29.2. The van der Waals surface area contributed by atoms with E-state index in [0.717, 1.165) is 27.1 Å². The topological polar surface area (TPSA) is 68.5 Å². The van der Waals surface area contributed by atoms with Crippen LogP contribution in [0, 0.1) is 11.2 Å². The molecule has 0 aliphatic rings. The summed E-state index contributed by atoms with van der Waals surface area (Å²) in [6.07, 6.45) is 0.322. The largest absolute Gasteiger partial charge is 0.485 e. The quantitative estimate of drug-likeness (QED) is 0.151. The van der Waals surface area contributed by atoms with Crippen molar-refractivity contribution in [2.24, 2.45) is 5.41 Å². The lowest BCUT2D eigenvalue weighted by molar-refractivity contribution is -0.146. The molecule has 5 nitrogen and oxygen atoms in total. The number of halogens is 2. The van der Waals surface area contributed by atoms with E-state index in [1.54, 1.807) is 25.6 Å². The van der Waals surface area contributed by atoms with E-state index in [0.29, 0.717) is 29.3 Å². The van der Waals surface area contributed by atoms with Crippen LogP contribution in [0.1, 0.15) is 56.2 Å². The van der Waals surface area contributed by atoms with Crippen LogP contribution in [0.25, 0.3) is 10.9 Å². The molecule has 1 heterocycles. The lowest BCUT2D eigenvalue weighted by Crippen LogP contribution is -2.28. The zero-order valence-electron chi connectivity index (χ0n) is 23.3. The lowest BCUT2D eigenvalue weighted by atomic mass is 9.88. The highest BCUT2D eigenvalue weighted by molar-refractivity contribution is 8.00. The highest BCUT2D eigenvalue weighted by atomic mass is 35.5. The van der Waals surface area contributed by atoms with E-state index in [-0.39, 0.29) is 17.1 Å². The summed E-state index contributed by atoms with van der Waals surface area (Å²) in [5.41, 5.74) is 2.28. The maximum Gasteiger partial charge on any atom is 0.309 e. The zero-order valence-corrected chi connectivity index (χ0v) is 24.8. The fourth-order valence-electron chi connectivity index (χ4n) is 4.36. The molecule has 4 rings (SSSR count). The molecule has 0 saturated heterocycles. The molecule has 0 fully saturated rings. The summed E-state index contributed by atoms with van der Waals surface area (Å²) in [5, 5.41) is 11.6. The number of carbonyl (C=O) groups is 2. The van der Waals surface area contributed by atoms with Gasteiger partial charge in [-0.1, -0.05) is 44.5 Å². The number of aromatic nitrogens is 1. The molecule has 0 spiro atoms. The molecule has 0 atom stereocenters. The fraction of sp³-hybridized carbons (Fsp3) is 0.312. The van der Waals surface area contributed by atoms with E-state index in [4.69, 9.17) is 16.3 Å². The van der Waals surface area contributed by atoms with Gasteiger partial charge < -0.3 is 14.4 Å². The van der Waals surface area contributed by atoms with Crippen molar-refractivity contribution in [3.8, 4) is 5.75 Å². The minimum Gasteiger partial charge on any atom is -0.485 e. The number of nitrogens with zero attached hydrogens (tertiary/aromatic N) is 1. The van der Waals surface area contributed by atoms with Crippen LogP contribution in [0.3, 0.4) is 0 Å². The van der Waals surface area contributed by atoms with Crippen molar-refractivity contribution in [1.82, 2.24) is 4.57 Å². The predicted octanol–water partition coefficient (Wildman–Crippen LogP) is 8.29. The standard InChI is InChI=1S/C32H33ClFNO4S/c1-31(2,3)40-29-25-16-24(39-19-28(36)21-8-12-23(34)13-9-21)14-15-26(25)35(18-20-6-10-22(33)11-7-20)27(29)17-32(4,5)30(37)38/h6-16H,17-19H2,1-5H3,(H,37,38). The first-order chi connectivity index (χ1) is 18.7. The average Bonchev–Trinajstić information content (AvgIpc) is 3.14. The Bertz CT molecular complexity index is 1540. The summed E-state index contributed by atoms with van der Waals surface area (Å²) in [6.45, 7) is 10.2. The minimum absolute atomic E-state index is 0.156. The van der Waals surface area contributed by atoms with Crippen molar-refractivity contribution in [3.63, 3.8) is 0 Å².